The van der Waals surface area contributed by atoms with E-state index in [9.17, 15) is 9.59 Å². The quantitative estimate of drug-likeness (QED) is 0.663. The second kappa shape index (κ2) is 5.69. The molecule has 0 spiro atoms. The Balaban J connectivity index is 1.74. The van der Waals surface area contributed by atoms with E-state index in [0.29, 0.717) is 18.9 Å². The molecule has 1 N–H and O–H groups in total. The molecule has 2 aliphatic carbocycles. The highest BCUT2D eigenvalue weighted by molar-refractivity contribution is 5.84. The van der Waals surface area contributed by atoms with Crippen LogP contribution in [0.3, 0.4) is 0 Å². The number of carboxylic acids is 1. The molecular weight excluding hydrogens is 234 g/mol. The van der Waals surface area contributed by atoms with Crippen LogP contribution in [0.5, 0.6) is 0 Å². The summed E-state index contributed by atoms with van der Waals surface area (Å²) < 4.78 is 5.42. The van der Waals surface area contributed by atoms with Crippen LogP contribution >= 0.6 is 0 Å². The van der Waals surface area contributed by atoms with Gasteiger partial charge in [0.05, 0.1) is 13.0 Å². The molecule has 2 fully saturated rings. The zero-order chi connectivity index (χ0) is 13.1. The van der Waals surface area contributed by atoms with Crippen molar-refractivity contribution in [3.05, 3.63) is 0 Å². The number of amides is 1. The average molecular weight is 255 g/mol. The molecule has 1 unspecified atom stereocenters. The highest BCUT2D eigenvalue weighted by atomic mass is 16.5. The minimum absolute atomic E-state index is 0.0943. The van der Waals surface area contributed by atoms with E-state index in [1.165, 1.54) is 17.7 Å². The van der Waals surface area contributed by atoms with Gasteiger partial charge in [0.1, 0.15) is 6.04 Å². The maximum Gasteiger partial charge on any atom is 0.326 e. The van der Waals surface area contributed by atoms with E-state index in [4.69, 9.17) is 9.84 Å². The van der Waals surface area contributed by atoms with Gasteiger partial charge >= 0.3 is 5.97 Å². The van der Waals surface area contributed by atoms with Crippen molar-refractivity contribution < 1.29 is 19.4 Å². The molecule has 0 radical (unpaired) electrons. The summed E-state index contributed by atoms with van der Waals surface area (Å²) in [4.78, 5) is 24.5. The lowest BCUT2D eigenvalue weighted by atomic mass is 10.2. The standard InChI is InChI=1S/C13H21NO4/c1-9(13(16)17)14(11-4-5-11)12(15)6-7-18-8-10-2-3-10/h9-11H,2-8H2,1H3,(H,16,17). The lowest BCUT2D eigenvalue weighted by Crippen LogP contribution is -2.45. The van der Waals surface area contributed by atoms with E-state index < -0.39 is 12.0 Å². The van der Waals surface area contributed by atoms with E-state index >= 15 is 0 Å². The number of carbonyl (C=O) groups is 2. The number of nitrogens with zero attached hydrogens (tertiary/aromatic N) is 1. The van der Waals surface area contributed by atoms with Gasteiger partial charge in [-0.05, 0) is 38.5 Å². The van der Waals surface area contributed by atoms with Crippen LogP contribution in [0.25, 0.3) is 0 Å². The Kier molecular flexibility index (Phi) is 4.22. The fourth-order valence-electron chi connectivity index (χ4n) is 2.03. The molecule has 0 aliphatic heterocycles. The number of hydrogen-bond acceptors (Lipinski definition) is 3. The number of rotatable bonds is 8. The van der Waals surface area contributed by atoms with E-state index in [-0.39, 0.29) is 11.9 Å². The Morgan fingerprint density at radius 2 is 2.00 bits per heavy atom. The van der Waals surface area contributed by atoms with Crippen LogP contribution in [0, 0.1) is 5.92 Å². The van der Waals surface area contributed by atoms with Crippen molar-refractivity contribution in [3.63, 3.8) is 0 Å². The van der Waals surface area contributed by atoms with Gasteiger partial charge in [0.2, 0.25) is 5.91 Å². The highest BCUT2D eigenvalue weighted by Gasteiger charge is 2.37. The number of carboxylic acid groups (broad SMARTS) is 1. The largest absolute Gasteiger partial charge is 0.480 e. The maximum atomic E-state index is 12.0. The number of ether oxygens (including phenoxy) is 1. The fourth-order valence-corrected chi connectivity index (χ4v) is 2.03. The van der Waals surface area contributed by atoms with Crippen LogP contribution in [0.1, 0.15) is 39.0 Å². The zero-order valence-electron chi connectivity index (χ0n) is 10.8. The van der Waals surface area contributed by atoms with Crippen molar-refractivity contribution in [2.24, 2.45) is 5.92 Å². The monoisotopic (exact) mass is 255 g/mol. The van der Waals surface area contributed by atoms with Crippen LogP contribution < -0.4 is 0 Å². The Morgan fingerprint density at radius 3 is 2.50 bits per heavy atom. The first kappa shape index (κ1) is 13.3. The smallest absolute Gasteiger partial charge is 0.326 e. The third kappa shape index (κ3) is 3.70. The minimum atomic E-state index is -0.936. The van der Waals surface area contributed by atoms with Crippen molar-refractivity contribution in [1.29, 1.82) is 0 Å². The van der Waals surface area contributed by atoms with Crippen LogP contribution in [0.15, 0.2) is 0 Å². The topological polar surface area (TPSA) is 66.8 Å². The molecular formula is C13H21NO4. The molecule has 5 nitrogen and oxygen atoms in total. The Bertz CT molecular complexity index is 323. The summed E-state index contributed by atoms with van der Waals surface area (Å²) in [6, 6.07) is -0.597. The number of hydrogen-bond donors (Lipinski definition) is 1. The highest BCUT2D eigenvalue weighted by Crippen LogP contribution is 2.30. The van der Waals surface area contributed by atoms with Gasteiger partial charge in [0.25, 0.3) is 0 Å². The van der Waals surface area contributed by atoms with Crippen LogP contribution in [0.2, 0.25) is 0 Å². The number of aliphatic carboxylic acids is 1. The summed E-state index contributed by atoms with van der Waals surface area (Å²) in [7, 11) is 0. The SMILES string of the molecule is CC(C(=O)O)N(C(=O)CCOCC1CC1)C1CC1. The molecule has 102 valence electrons. The summed E-state index contributed by atoms with van der Waals surface area (Å²) in [6.45, 7) is 2.72. The van der Waals surface area contributed by atoms with Crippen molar-refractivity contribution >= 4 is 11.9 Å². The Hall–Kier alpha value is -1.10. The van der Waals surface area contributed by atoms with Gasteiger partial charge in [-0.1, -0.05) is 0 Å². The second-order valence-electron chi connectivity index (χ2n) is 5.31. The zero-order valence-corrected chi connectivity index (χ0v) is 10.8. The predicted octanol–water partition coefficient (Wildman–Crippen LogP) is 1.27. The second-order valence-corrected chi connectivity index (χ2v) is 5.31. The molecule has 0 heterocycles. The van der Waals surface area contributed by atoms with Crippen LogP contribution in [-0.4, -0.2) is 47.2 Å². The van der Waals surface area contributed by atoms with E-state index in [1.807, 2.05) is 0 Å². The van der Waals surface area contributed by atoms with Gasteiger partial charge in [-0.25, -0.2) is 4.79 Å². The molecule has 1 atom stereocenters. The molecule has 2 rings (SSSR count). The summed E-state index contributed by atoms with van der Waals surface area (Å²) in [6.07, 6.45) is 4.61. The van der Waals surface area contributed by atoms with E-state index in [0.717, 1.165) is 19.4 Å². The summed E-state index contributed by atoms with van der Waals surface area (Å²) in [5.41, 5.74) is 0. The predicted molar refractivity (Wildman–Crippen MR) is 65.1 cm³/mol. The molecule has 5 heteroatoms. The third-order valence-corrected chi connectivity index (χ3v) is 3.51. The Morgan fingerprint density at radius 1 is 1.33 bits per heavy atom. The first-order valence-electron chi connectivity index (χ1n) is 6.71. The first-order chi connectivity index (χ1) is 8.59. The number of carbonyl (C=O) groups excluding carboxylic acids is 1. The first-order valence-corrected chi connectivity index (χ1v) is 6.71. The van der Waals surface area contributed by atoms with Crippen molar-refractivity contribution in [3.8, 4) is 0 Å². The van der Waals surface area contributed by atoms with Crippen LogP contribution in [-0.2, 0) is 14.3 Å². The maximum absolute atomic E-state index is 12.0. The van der Waals surface area contributed by atoms with Gasteiger partial charge < -0.3 is 14.7 Å². The van der Waals surface area contributed by atoms with Crippen molar-refractivity contribution in [2.45, 2.75) is 51.1 Å². The molecule has 0 saturated heterocycles. The molecule has 2 aliphatic rings. The lowest BCUT2D eigenvalue weighted by molar-refractivity contribution is -0.150. The molecule has 0 aromatic carbocycles. The molecule has 2 saturated carbocycles. The van der Waals surface area contributed by atoms with Gasteiger partial charge in [0, 0.05) is 12.6 Å². The summed E-state index contributed by atoms with van der Waals surface area (Å²) >= 11 is 0. The van der Waals surface area contributed by atoms with E-state index in [2.05, 4.69) is 0 Å². The summed E-state index contributed by atoms with van der Waals surface area (Å²) in [5.74, 6) is -0.338. The van der Waals surface area contributed by atoms with Crippen LogP contribution in [0.4, 0.5) is 0 Å². The third-order valence-electron chi connectivity index (χ3n) is 3.51. The summed E-state index contributed by atoms with van der Waals surface area (Å²) in [5, 5.41) is 9.01. The Labute approximate surface area is 107 Å². The minimum Gasteiger partial charge on any atom is -0.480 e. The fraction of sp³-hybridized carbons (Fsp3) is 0.846. The van der Waals surface area contributed by atoms with Gasteiger partial charge in [0.15, 0.2) is 0 Å². The van der Waals surface area contributed by atoms with Gasteiger partial charge in [-0.15, -0.1) is 0 Å². The van der Waals surface area contributed by atoms with E-state index in [1.54, 1.807) is 6.92 Å². The van der Waals surface area contributed by atoms with Crippen molar-refractivity contribution in [2.75, 3.05) is 13.2 Å². The lowest BCUT2D eigenvalue weighted by Gasteiger charge is -2.26. The molecule has 0 aromatic rings. The van der Waals surface area contributed by atoms with Gasteiger partial charge in [-0.3, -0.25) is 4.79 Å². The molecule has 1 amide bonds. The van der Waals surface area contributed by atoms with Gasteiger partial charge in [-0.2, -0.15) is 0 Å². The van der Waals surface area contributed by atoms with Crippen molar-refractivity contribution in [1.82, 2.24) is 4.90 Å². The normalized spacial score (nSPS) is 20.5. The average Bonchev–Trinajstić information content (AvgIpc) is 3.17. The molecule has 0 bridgehead atoms. The molecule has 0 aromatic heterocycles. The molecule has 18 heavy (non-hydrogen) atoms.